The quantitative estimate of drug-likeness (QED) is 0.725. The molecule has 1 amide bonds. The van der Waals surface area contributed by atoms with E-state index in [0.29, 0.717) is 13.1 Å². The molecule has 3 aromatic rings. The van der Waals surface area contributed by atoms with Gasteiger partial charge in [0.05, 0.1) is 12.2 Å². The minimum atomic E-state index is 0.106. The molecule has 0 radical (unpaired) electrons. The van der Waals surface area contributed by atoms with Crippen molar-refractivity contribution >= 4 is 5.91 Å². The number of aromatic nitrogens is 2. The van der Waals surface area contributed by atoms with Crippen molar-refractivity contribution in [2.75, 3.05) is 6.54 Å². The molecule has 0 saturated heterocycles. The van der Waals surface area contributed by atoms with Gasteiger partial charge >= 0.3 is 0 Å². The fourth-order valence-electron chi connectivity index (χ4n) is 3.66. The fraction of sp³-hybridized carbons (Fsp3) is 0.273. The molecule has 1 aliphatic rings. The van der Waals surface area contributed by atoms with E-state index in [9.17, 15) is 4.79 Å². The normalized spacial score (nSPS) is 13.5. The summed E-state index contributed by atoms with van der Waals surface area (Å²) in [5.41, 5.74) is 6.61. The molecule has 0 unspecified atom stereocenters. The smallest absolute Gasteiger partial charge is 0.254 e. The van der Waals surface area contributed by atoms with Gasteiger partial charge in [-0.15, -0.1) is 0 Å². The first-order valence-corrected chi connectivity index (χ1v) is 9.06. The molecular weight excluding hydrogens is 322 g/mol. The molecular formula is C22H23N3O. The van der Waals surface area contributed by atoms with Crippen LogP contribution >= 0.6 is 0 Å². The third kappa shape index (κ3) is 3.27. The van der Waals surface area contributed by atoms with E-state index in [1.807, 2.05) is 40.8 Å². The van der Waals surface area contributed by atoms with Crippen LogP contribution in [0.2, 0.25) is 0 Å². The molecule has 1 aromatic heterocycles. The second-order valence-corrected chi connectivity index (χ2v) is 7.03. The summed E-state index contributed by atoms with van der Waals surface area (Å²) < 4.78 is 1.98. The molecule has 26 heavy (non-hydrogen) atoms. The van der Waals surface area contributed by atoms with Crippen molar-refractivity contribution in [3.63, 3.8) is 0 Å². The summed E-state index contributed by atoms with van der Waals surface area (Å²) >= 11 is 0. The van der Waals surface area contributed by atoms with Gasteiger partial charge in [0.1, 0.15) is 0 Å². The van der Waals surface area contributed by atoms with Crippen LogP contribution in [-0.2, 0) is 19.5 Å². The minimum Gasteiger partial charge on any atom is -0.334 e. The highest BCUT2D eigenvalue weighted by molar-refractivity contribution is 5.94. The molecule has 0 N–H and O–H groups in total. The Bertz CT molecular complexity index is 958. The van der Waals surface area contributed by atoms with Crippen molar-refractivity contribution in [2.45, 2.75) is 33.4 Å². The van der Waals surface area contributed by atoms with E-state index >= 15 is 0 Å². The third-order valence-electron chi connectivity index (χ3n) is 5.03. The van der Waals surface area contributed by atoms with Gasteiger partial charge in [0.15, 0.2) is 0 Å². The van der Waals surface area contributed by atoms with Crippen LogP contribution in [0.25, 0.3) is 0 Å². The van der Waals surface area contributed by atoms with E-state index in [0.717, 1.165) is 35.5 Å². The summed E-state index contributed by atoms with van der Waals surface area (Å²) in [6.45, 7) is 6.20. The number of aryl methyl sites for hydroxylation is 2. The van der Waals surface area contributed by atoms with Crippen molar-refractivity contribution in [1.29, 1.82) is 0 Å². The molecule has 0 aliphatic carbocycles. The molecule has 0 bridgehead atoms. The van der Waals surface area contributed by atoms with Crippen LogP contribution in [0.1, 0.15) is 38.4 Å². The van der Waals surface area contributed by atoms with E-state index in [1.54, 1.807) is 0 Å². The maximum absolute atomic E-state index is 13.0. The molecule has 0 fully saturated rings. The Morgan fingerprint density at radius 1 is 1.04 bits per heavy atom. The second-order valence-electron chi connectivity index (χ2n) is 7.03. The highest BCUT2D eigenvalue weighted by Gasteiger charge is 2.21. The number of hydrogen-bond acceptors (Lipinski definition) is 2. The van der Waals surface area contributed by atoms with Crippen LogP contribution in [0.5, 0.6) is 0 Å². The summed E-state index contributed by atoms with van der Waals surface area (Å²) in [5.74, 6) is 0.106. The van der Waals surface area contributed by atoms with E-state index < -0.39 is 0 Å². The van der Waals surface area contributed by atoms with Gasteiger partial charge in [0.25, 0.3) is 5.91 Å². The Morgan fingerprint density at radius 2 is 1.85 bits per heavy atom. The number of rotatable bonds is 3. The minimum absolute atomic E-state index is 0.106. The van der Waals surface area contributed by atoms with Crippen molar-refractivity contribution in [3.8, 4) is 0 Å². The molecule has 0 spiro atoms. The number of carbonyl (C=O) groups is 1. The zero-order valence-electron chi connectivity index (χ0n) is 15.3. The molecule has 4 heteroatoms. The molecule has 0 saturated carbocycles. The molecule has 0 atom stereocenters. The van der Waals surface area contributed by atoms with E-state index in [-0.39, 0.29) is 5.91 Å². The lowest BCUT2D eigenvalue weighted by atomic mass is 9.99. The lowest BCUT2D eigenvalue weighted by Gasteiger charge is -2.29. The predicted octanol–water partition coefficient (Wildman–Crippen LogP) is 3.75. The van der Waals surface area contributed by atoms with Gasteiger partial charge in [-0.25, -0.2) is 0 Å². The topological polar surface area (TPSA) is 38.1 Å². The number of benzene rings is 2. The average Bonchev–Trinajstić information content (AvgIpc) is 2.98. The molecule has 1 aliphatic heterocycles. The van der Waals surface area contributed by atoms with Crippen molar-refractivity contribution in [3.05, 3.63) is 88.2 Å². The lowest BCUT2D eigenvalue weighted by Crippen LogP contribution is -2.35. The largest absolute Gasteiger partial charge is 0.334 e. The first kappa shape index (κ1) is 16.6. The number of fused-ring (bicyclic) bond motifs is 1. The Morgan fingerprint density at radius 3 is 2.62 bits per heavy atom. The maximum Gasteiger partial charge on any atom is 0.254 e. The van der Waals surface area contributed by atoms with Gasteiger partial charge in [0, 0.05) is 24.3 Å². The Hall–Kier alpha value is -2.88. The van der Waals surface area contributed by atoms with E-state index in [4.69, 9.17) is 0 Å². The molecule has 2 aromatic carbocycles. The number of nitrogens with zero attached hydrogens (tertiary/aromatic N) is 3. The van der Waals surface area contributed by atoms with Gasteiger partial charge in [0.2, 0.25) is 0 Å². The van der Waals surface area contributed by atoms with Gasteiger partial charge in [-0.3, -0.25) is 9.48 Å². The third-order valence-corrected chi connectivity index (χ3v) is 5.03. The molecule has 2 heterocycles. The first-order valence-electron chi connectivity index (χ1n) is 9.06. The summed E-state index contributed by atoms with van der Waals surface area (Å²) in [4.78, 5) is 14.9. The Labute approximate surface area is 154 Å². The van der Waals surface area contributed by atoms with E-state index in [1.165, 1.54) is 11.1 Å². The summed E-state index contributed by atoms with van der Waals surface area (Å²) in [5, 5.41) is 4.52. The van der Waals surface area contributed by atoms with Crippen molar-refractivity contribution < 1.29 is 4.79 Å². The summed E-state index contributed by atoms with van der Waals surface area (Å²) in [7, 11) is 0. The molecule has 132 valence electrons. The van der Waals surface area contributed by atoms with Gasteiger partial charge < -0.3 is 4.90 Å². The Kier molecular flexibility index (Phi) is 4.33. The van der Waals surface area contributed by atoms with Gasteiger partial charge in [-0.2, -0.15) is 5.10 Å². The highest BCUT2D eigenvalue weighted by atomic mass is 16.2. The number of hydrogen-bond donors (Lipinski definition) is 0. The van der Waals surface area contributed by atoms with Crippen LogP contribution in [-0.4, -0.2) is 27.1 Å². The average molecular weight is 345 g/mol. The summed E-state index contributed by atoms with van der Waals surface area (Å²) in [6.07, 6.45) is 0.924. The standard InChI is InChI=1S/C22H23N3O/c1-16-12-17(2)25(23-16)14-18-6-5-9-20(13-18)22(26)24-11-10-19-7-3-4-8-21(19)15-24/h3-9,12-13H,10-11,14-15H2,1-2H3. The van der Waals surface area contributed by atoms with Crippen molar-refractivity contribution in [2.24, 2.45) is 0 Å². The summed E-state index contributed by atoms with van der Waals surface area (Å²) in [6, 6.07) is 18.4. The number of amides is 1. The number of carbonyl (C=O) groups excluding carboxylic acids is 1. The van der Waals surface area contributed by atoms with Crippen LogP contribution in [0.3, 0.4) is 0 Å². The lowest BCUT2D eigenvalue weighted by molar-refractivity contribution is 0.0734. The predicted molar refractivity (Wildman–Crippen MR) is 102 cm³/mol. The molecule has 4 rings (SSSR count). The van der Waals surface area contributed by atoms with Gasteiger partial charge in [-0.05, 0) is 55.2 Å². The zero-order valence-corrected chi connectivity index (χ0v) is 15.3. The first-order chi connectivity index (χ1) is 12.6. The van der Waals surface area contributed by atoms with Gasteiger partial charge in [-0.1, -0.05) is 36.4 Å². The van der Waals surface area contributed by atoms with Crippen LogP contribution in [0.15, 0.2) is 54.6 Å². The second kappa shape index (κ2) is 6.79. The highest BCUT2D eigenvalue weighted by Crippen LogP contribution is 2.21. The van der Waals surface area contributed by atoms with Crippen LogP contribution in [0, 0.1) is 13.8 Å². The monoisotopic (exact) mass is 345 g/mol. The zero-order chi connectivity index (χ0) is 18.1. The SMILES string of the molecule is Cc1cc(C)n(Cc2cccc(C(=O)N3CCc4ccccc4C3)c2)n1. The maximum atomic E-state index is 13.0. The Balaban J connectivity index is 1.53. The van der Waals surface area contributed by atoms with Crippen LogP contribution < -0.4 is 0 Å². The molecule has 4 nitrogen and oxygen atoms in total. The van der Waals surface area contributed by atoms with Crippen molar-refractivity contribution in [1.82, 2.24) is 14.7 Å². The fourth-order valence-corrected chi connectivity index (χ4v) is 3.66. The van der Waals surface area contributed by atoms with Crippen LogP contribution in [0.4, 0.5) is 0 Å². The van der Waals surface area contributed by atoms with E-state index in [2.05, 4.69) is 42.4 Å².